The Kier molecular flexibility index (Phi) is 4.76. The predicted molar refractivity (Wildman–Crippen MR) is 63.3 cm³/mol. The van der Waals surface area contributed by atoms with Crippen molar-refractivity contribution in [2.24, 2.45) is 0 Å². The topological polar surface area (TPSA) is 42.4 Å². The summed E-state index contributed by atoms with van der Waals surface area (Å²) < 4.78 is 5.12. The highest BCUT2D eigenvalue weighted by Gasteiger charge is 2.03. The zero-order valence-electron chi connectivity index (χ0n) is 10.1. The van der Waals surface area contributed by atoms with Gasteiger partial charge in [0, 0.05) is 26.7 Å². The molecule has 88 valence electrons. The molecule has 0 amide bonds. The van der Waals surface area contributed by atoms with Crippen LogP contribution in [0.5, 0.6) is 0 Å². The van der Waals surface area contributed by atoms with Gasteiger partial charge in [0.1, 0.15) is 12.4 Å². The molecule has 0 saturated heterocycles. The smallest absolute Gasteiger partial charge is 0.306 e. The van der Waals surface area contributed by atoms with Crippen LogP contribution in [0.15, 0.2) is 18.3 Å². The molecule has 0 atom stereocenters. The second-order valence-electron chi connectivity index (χ2n) is 3.83. The van der Waals surface area contributed by atoms with Crippen molar-refractivity contribution in [1.29, 1.82) is 0 Å². The molecule has 4 nitrogen and oxygen atoms in total. The average molecular weight is 222 g/mol. The number of pyridine rings is 1. The molecule has 0 aromatic carbocycles. The quantitative estimate of drug-likeness (QED) is 0.714. The molecule has 0 fully saturated rings. The molecule has 0 spiro atoms. The number of esters is 1. The molecule has 1 aromatic heterocycles. The van der Waals surface area contributed by atoms with Crippen LogP contribution in [0.4, 0.5) is 5.82 Å². The van der Waals surface area contributed by atoms with Gasteiger partial charge in [0.2, 0.25) is 0 Å². The zero-order chi connectivity index (χ0) is 12.0. The summed E-state index contributed by atoms with van der Waals surface area (Å²) in [6.45, 7) is 2.28. The van der Waals surface area contributed by atoms with E-state index >= 15 is 0 Å². The van der Waals surface area contributed by atoms with E-state index in [0.29, 0.717) is 13.0 Å². The molecule has 0 saturated carbocycles. The van der Waals surface area contributed by atoms with Crippen LogP contribution in [-0.4, -0.2) is 25.0 Å². The number of carbonyl (C=O) groups excluding carboxylic acids is 1. The van der Waals surface area contributed by atoms with Crippen LogP contribution >= 0.6 is 0 Å². The van der Waals surface area contributed by atoms with Crippen LogP contribution in [0.1, 0.15) is 25.3 Å². The number of ether oxygens (including phenoxy) is 1. The number of rotatable bonds is 5. The van der Waals surface area contributed by atoms with Gasteiger partial charge >= 0.3 is 5.97 Å². The van der Waals surface area contributed by atoms with E-state index in [2.05, 4.69) is 4.98 Å². The van der Waals surface area contributed by atoms with Gasteiger partial charge in [-0.05, 0) is 24.1 Å². The summed E-state index contributed by atoms with van der Waals surface area (Å²) in [5.41, 5.74) is 0.961. The Morgan fingerprint density at radius 3 is 2.88 bits per heavy atom. The molecule has 0 N–H and O–H groups in total. The van der Waals surface area contributed by atoms with Crippen molar-refractivity contribution >= 4 is 11.8 Å². The number of carbonyl (C=O) groups is 1. The van der Waals surface area contributed by atoms with E-state index in [1.807, 2.05) is 38.1 Å². The molecule has 1 rings (SSSR count). The van der Waals surface area contributed by atoms with Gasteiger partial charge in [-0.3, -0.25) is 4.79 Å². The fourth-order valence-corrected chi connectivity index (χ4v) is 1.24. The molecule has 0 unspecified atom stereocenters. The first kappa shape index (κ1) is 12.5. The molecule has 1 aromatic rings. The monoisotopic (exact) mass is 222 g/mol. The van der Waals surface area contributed by atoms with Crippen LogP contribution in [0.2, 0.25) is 0 Å². The maximum absolute atomic E-state index is 11.2. The normalized spacial score (nSPS) is 9.94. The molecule has 0 radical (unpaired) electrons. The SMILES string of the molecule is CCCC(=O)OCc1ccnc(N(C)C)c1. The second kappa shape index (κ2) is 6.10. The lowest BCUT2D eigenvalue weighted by atomic mass is 10.2. The molecular formula is C12H18N2O2. The summed E-state index contributed by atoms with van der Waals surface area (Å²) in [7, 11) is 3.85. The van der Waals surface area contributed by atoms with Crippen molar-refractivity contribution in [3.8, 4) is 0 Å². The van der Waals surface area contributed by atoms with E-state index in [4.69, 9.17) is 4.74 Å². The fraction of sp³-hybridized carbons (Fsp3) is 0.500. The van der Waals surface area contributed by atoms with E-state index in [9.17, 15) is 4.79 Å². The van der Waals surface area contributed by atoms with Gasteiger partial charge in [-0.25, -0.2) is 4.98 Å². The fourth-order valence-electron chi connectivity index (χ4n) is 1.24. The molecule has 0 bridgehead atoms. The first-order valence-electron chi connectivity index (χ1n) is 5.41. The molecule has 0 aliphatic heterocycles. The van der Waals surface area contributed by atoms with Crippen molar-refractivity contribution < 1.29 is 9.53 Å². The second-order valence-corrected chi connectivity index (χ2v) is 3.83. The van der Waals surface area contributed by atoms with Gasteiger partial charge in [0.15, 0.2) is 0 Å². The maximum Gasteiger partial charge on any atom is 0.306 e. The summed E-state index contributed by atoms with van der Waals surface area (Å²) in [5, 5.41) is 0. The van der Waals surface area contributed by atoms with E-state index in [-0.39, 0.29) is 5.97 Å². The van der Waals surface area contributed by atoms with Crippen LogP contribution in [0.25, 0.3) is 0 Å². The Bertz CT molecular complexity index is 351. The highest BCUT2D eigenvalue weighted by atomic mass is 16.5. The Labute approximate surface area is 96.2 Å². The van der Waals surface area contributed by atoms with Gasteiger partial charge < -0.3 is 9.64 Å². The van der Waals surface area contributed by atoms with Crippen LogP contribution < -0.4 is 4.90 Å². The van der Waals surface area contributed by atoms with Crippen molar-refractivity contribution in [3.05, 3.63) is 23.9 Å². The molecule has 0 aliphatic rings. The predicted octanol–water partition coefficient (Wildman–Crippen LogP) is 1.99. The third kappa shape index (κ3) is 3.88. The minimum absolute atomic E-state index is 0.147. The number of hydrogen-bond acceptors (Lipinski definition) is 4. The minimum atomic E-state index is -0.147. The number of aromatic nitrogens is 1. The maximum atomic E-state index is 11.2. The van der Waals surface area contributed by atoms with Gasteiger partial charge in [-0.1, -0.05) is 6.92 Å². The van der Waals surface area contributed by atoms with Crippen molar-refractivity contribution in [1.82, 2.24) is 4.98 Å². The van der Waals surface area contributed by atoms with Crippen LogP contribution in [-0.2, 0) is 16.1 Å². The lowest BCUT2D eigenvalue weighted by Gasteiger charge is -2.12. The third-order valence-electron chi connectivity index (χ3n) is 2.12. The summed E-state index contributed by atoms with van der Waals surface area (Å²) in [6.07, 6.45) is 3.02. The Balaban J connectivity index is 2.54. The van der Waals surface area contributed by atoms with Gasteiger partial charge in [0.25, 0.3) is 0 Å². The standard InChI is InChI=1S/C12H18N2O2/c1-4-5-12(15)16-9-10-6-7-13-11(8-10)14(2)3/h6-8H,4-5,9H2,1-3H3. The van der Waals surface area contributed by atoms with E-state index < -0.39 is 0 Å². The molecule has 0 aliphatic carbocycles. The van der Waals surface area contributed by atoms with E-state index in [1.54, 1.807) is 6.20 Å². The molecule has 16 heavy (non-hydrogen) atoms. The Hall–Kier alpha value is -1.58. The van der Waals surface area contributed by atoms with Crippen LogP contribution in [0.3, 0.4) is 0 Å². The summed E-state index contributed by atoms with van der Waals surface area (Å²) >= 11 is 0. The first-order valence-corrected chi connectivity index (χ1v) is 5.41. The summed E-state index contributed by atoms with van der Waals surface area (Å²) in [4.78, 5) is 17.3. The van der Waals surface area contributed by atoms with Crippen molar-refractivity contribution in [3.63, 3.8) is 0 Å². The highest BCUT2D eigenvalue weighted by Crippen LogP contribution is 2.10. The van der Waals surface area contributed by atoms with Gasteiger partial charge in [0.05, 0.1) is 0 Å². The minimum Gasteiger partial charge on any atom is -0.461 e. The molecule has 1 heterocycles. The van der Waals surface area contributed by atoms with Gasteiger partial charge in [-0.15, -0.1) is 0 Å². The number of nitrogens with zero attached hydrogens (tertiary/aromatic N) is 2. The largest absolute Gasteiger partial charge is 0.461 e. The van der Waals surface area contributed by atoms with Crippen LogP contribution in [0, 0.1) is 0 Å². The number of hydrogen-bond donors (Lipinski definition) is 0. The Morgan fingerprint density at radius 2 is 2.25 bits per heavy atom. The van der Waals surface area contributed by atoms with Crippen molar-refractivity contribution in [2.75, 3.05) is 19.0 Å². The van der Waals surface area contributed by atoms with E-state index in [1.165, 1.54) is 0 Å². The summed E-state index contributed by atoms with van der Waals surface area (Å²) in [5.74, 6) is 0.717. The zero-order valence-corrected chi connectivity index (χ0v) is 10.1. The first-order chi connectivity index (χ1) is 7.63. The lowest BCUT2D eigenvalue weighted by Crippen LogP contribution is -2.11. The van der Waals surface area contributed by atoms with Crippen molar-refractivity contribution in [2.45, 2.75) is 26.4 Å². The molecular weight excluding hydrogens is 204 g/mol. The lowest BCUT2D eigenvalue weighted by molar-refractivity contribution is -0.144. The van der Waals surface area contributed by atoms with Gasteiger partial charge in [-0.2, -0.15) is 0 Å². The average Bonchev–Trinajstić information content (AvgIpc) is 2.27. The van der Waals surface area contributed by atoms with E-state index in [0.717, 1.165) is 17.8 Å². The third-order valence-corrected chi connectivity index (χ3v) is 2.12. The highest BCUT2D eigenvalue weighted by molar-refractivity contribution is 5.69. The number of anilines is 1. The molecule has 4 heteroatoms. The summed E-state index contributed by atoms with van der Waals surface area (Å²) in [6, 6.07) is 3.77. The Morgan fingerprint density at radius 1 is 1.50 bits per heavy atom.